The van der Waals surface area contributed by atoms with Crippen molar-refractivity contribution in [3.8, 4) is 0 Å². The van der Waals surface area contributed by atoms with Gasteiger partial charge in [-0.05, 0) is 30.5 Å². The van der Waals surface area contributed by atoms with Gasteiger partial charge in [-0.25, -0.2) is 14.6 Å². The Labute approximate surface area is 203 Å². The molecule has 3 rings (SSSR count). The van der Waals surface area contributed by atoms with Crippen LogP contribution in [0.5, 0.6) is 0 Å². The molecule has 1 heterocycles. The van der Waals surface area contributed by atoms with Crippen LogP contribution in [0.1, 0.15) is 52.5 Å². The minimum absolute atomic E-state index is 0.0661. The SMILES string of the molecule is CCC(N)=NCCC[C@H](NC(=O)N(Cc1ccccc1)N1C(=O)c2ccccc2C1=O)C(=O)OC. The molecule has 0 saturated carbocycles. The zero-order valence-electron chi connectivity index (χ0n) is 19.8. The van der Waals surface area contributed by atoms with Gasteiger partial charge in [-0.3, -0.25) is 14.6 Å². The number of methoxy groups -OCH3 is 1. The molecular weight excluding hydrogens is 450 g/mol. The van der Waals surface area contributed by atoms with E-state index in [1.54, 1.807) is 36.4 Å². The van der Waals surface area contributed by atoms with Crippen molar-refractivity contribution < 1.29 is 23.9 Å². The van der Waals surface area contributed by atoms with Gasteiger partial charge in [-0.1, -0.05) is 49.4 Å². The molecule has 3 N–H and O–H groups in total. The van der Waals surface area contributed by atoms with Gasteiger partial charge in [0.05, 0.1) is 30.6 Å². The summed E-state index contributed by atoms with van der Waals surface area (Å²) in [5, 5.41) is 4.45. The number of nitrogens with one attached hydrogen (secondary N) is 1. The molecule has 1 atom stereocenters. The van der Waals surface area contributed by atoms with Crippen LogP contribution in [0.3, 0.4) is 0 Å². The fourth-order valence-corrected chi connectivity index (χ4v) is 3.63. The molecule has 0 aliphatic carbocycles. The lowest BCUT2D eigenvalue weighted by molar-refractivity contribution is -0.143. The summed E-state index contributed by atoms with van der Waals surface area (Å²) < 4.78 is 4.85. The summed E-state index contributed by atoms with van der Waals surface area (Å²) in [6, 6.07) is 13.5. The summed E-state index contributed by atoms with van der Waals surface area (Å²) in [7, 11) is 1.22. The molecule has 4 amide bonds. The standard InChI is InChI=1S/C25H29N5O5/c1-3-21(26)27-15-9-14-20(24(33)35-2)28-25(34)29(16-17-10-5-4-6-11-17)30-22(31)18-12-7-8-13-19(18)23(30)32/h4-8,10-13,20H,3,9,14-16H2,1-2H3,(H2,26,27)(H,28,34)/t20-/m0/s1. The number of ether oxygens (including phenoxy) is 1. The van der Waals surface area contributed by atoms with E-state index in [1.807, 2.05) is 13.0 Å². The topological polar surface area (TPSA) is 134 Å². The predicted molar refractivity (Wildman–Crippen MR) is 129 cm³/mol. The van der Waals surface area contributed by atoms with Gasteiger partial charge in [-0.2, -0.15) is 5.01 Å². The Morgan fingerprint density at radius 3 is 2.23 bits per heavy atom. The molecule has 0 fully saturated rings. The molecule has 1 aliphatic rings. The van der Waals surface area contributed by atoms with Crippen LogP contribution in [0, 0.1) is 0 Å². The molecule has 0 saturated heterocycles. The molecule has 10 nitrogen and oxygen atoms in total. The van der Waals surface area contributed by atoms with Gasteiger partial charge in [0.25, 0.3) is 11.8 Å². The van der Waals surface area contributed by atoms with Gasteiger partial charge < -0.3 is 15.8 Å². The van der Waals surface area contributed by atoms with Crippen molar-refractivity contribution in [2.24, 2.45) is 10.7 Å². The van der Waals surface area contributed by atoms with Crippen molar-refractivity contribution >= 4 is 29.7 Å². The highest BCUT2D eigenvalue weighted by molar-refractivity contribution is 6.21. The van der Waals surface area contributed by atoms with Crippen molar-refractivity contribution in [3.63, 3.8) is 0 Å². The highest BCUT2D eigenvalue weighted by Gasteiger charge is 2.42. The third-order valence-corrected chi connectivity index (χ3v) is 5.54. The molecule has 1 aliphatic heterocycles. The molecular formula is C25H29N5O5. The third kappa shape index (κ3) is 6.03. The maximum absolute atomic E-state index is 13.4. The molecule has 0 bridgehead atoms. The molecule has 2 aromatic rings. The Kier molecular flexibility index (Phi) is 8.55. The number of imide groups is 1. The number of nitrogens with zero attached hydrogens (tertiary/aromatic N) is 3. The van der Waals surface area contributed by atoms with E-state index in [0.29, 0.717) is 30.8 Å². The minimum atomic E-state index is -1.00. The first-order valence-corrected chi connectivity index (χ1v) is 11.3. The lowest BCUT2D eigenvalue weighted by Gasteiger charge is -2.31. The van der Waals surface area contributed by atoms with E-state index in [-0.39, 0.29) is 24.1 Å². The van der Waals surface area contributed by atoms with Gasteiger partial charge >= 0.3 is 12.0 Å². The van der Waals surface area contributed by atoms with Crippen molar-refractivity contribution in [1.82, 2.24) is 15.3 Å². The number of aliphatic imine (C=N–C) groups is 1. The number of carbonyl (C=O) groups is 4. The number of esters is 1. The number of carbonyl (C=O) groups excluding carboxylic acids is 4. The van der Waals surface area contributed by atoms with Gasteiger partial charge in [-0.15, -0.1) is 0 Å². The summed E-state index contributed by atoms with van der Waals surface area (Å²) in [5.41, 5.74) is 6.82. The van der Waals surface area contributed by atoms with E-state index < -0.39 is 29.9 Å². The molecule has 0 unspecified atom stereocenters. The summed E-state index contributed by atoms with van der Waals surface area (Å²) in [4.78, 5) is 56.2. The summed E-state index contributed by atoms with van der Waals surface area (Å²) in [6.45, 7) is 2.20. The first-order valence-electron chi connectivity index (χ1n) is 11.3. The Morgan fingerprint density at radius 1 is 1.06 bits per heavy atom. The first kappa shape index (κ1) is 25.4. The van der Waals surface area contributed by atoms with Gasteiger partial charge in [0.15, 0.2) is 0 Å². The van der Waals surface area contributed by atoms with Gasteiger partial charge in [0, 0.05) is 13.0 Å². The number of urea groups is 1. The zero-order chi connectivity index (χ0) is 25.4. The molecule has 2 aromatic carbocycles. The van der Waals surface area contributed by atoms with Crippen molar-refractivity contribution in [3.05, 3.63) is 71.3 Å². The number of amidine groups is 1. The number of hydrazine groups is 1. The summed E-state index contributed by atoms with van der Waals surface area (Å²) in [6.07, 6.45) is 1.32. The maximum Gasteiger partial charge on any atom is 0.337 e. The second-order valence-electron chi connectivity index (χ2n) is 7.91. The number of amides is 4. The second-order valence-corrected chi connectivity index (χ2v) is 7.91. The lowest BCUT2D eigenvalue weighted by atomic mass is 10.1. The summed E-state index contributed by atoms with van der Waals surface area (Å²) in [5.74, 6) is -1.37. The van der Waals surface area contributed by atoms with E-state index in [2.05, 4.69) is 10.3 Å². The number of hydrogen-bond acceptors (Lipinski definition) is 6. The fourth-order valence-electron chi connectivity index (χ4n) is 3.63. The number of hydrogen-bond donors (Lipinski definition) is 2. The van der Waals surface area contributed by atoms with E-state index >= 15 is 0 Å². The summed E-state index contributed by atoms with van der Waals surface area (Å²) >= 11 is 0. The fraction of sp³-hybridized carbons (Fsp3) is 0.320. The normalized spacial score (nSPS) is 13.9. The highest BCUT2D eigenvalue weighted by Crippen LogP contribution is 2.25. The lowest BCUT2D eigenvalue weighted by Crippen LogP contribution is -2.56. The van der Waals surface area contributed by atoms with Crippen molar-refractivity contribution in [2.75, 3.05) is 13.7 Å². The predicted octanol–water partition coefficient (Wildman–Crippen LogP) is 2.50. The number of benzene rings is 2. The van der Waals surface area contributed by atoms with E-state index in [0.717, 1.165) is 10.0 Å². The first-order chi connectivity index (χ1) is 16.9. The Morgan fingerprint density at radius 2 is 1.66 bits per heavy atom. The molecule has 0 spiro atoms. The molecule has 10 heteroatoms. The number of fused-ring (bicyclic) bond motifs is 1. The molecule has 184 valence electrons. The number of nitrogens with two attached hydrogens (primary N) is 1. The van der Waals surface area contributed by atoms with Crippen LogP contribution in [0.4, 0.5) is 4.79 Å². The molecule has 35 heavy (non-hydrogen) atoms. The average Bonchev–Trinajstić information content (AvgIpc) is 3.13. The van der Waals surface area contributed by atoms with Crippen LogP contribution in [0.2, 0.25) is 0 Å². The zero-order valence-corrected chi connectivity index (χ0v) is 19.8. The van der Waals surface area contributed by atoms with Crippen LogP contribution in [-0.4, -0.2) is 59.4 Å². The smallest absolute Gasteiger partial charge is 0.337 e. The quantitative estimate of drug-likeness (QED) is 0.177. The Bertz CT molecular complexity index is 1080. The van der Waals surface area contributed by atoms with Crippen molar-refractivity contribution in [2.45, 2.75) is 38.8 Å². The molecule has 0 aromatic heterocycles. The van der Waals surface area contributed by atoms with Gasteiger partial charge in [0.2, 0.25) is 0 Å². The van der Waals surface area contributed by atoms with E-state index in [4.69, 9.17) is 10.5 Å². The minimum Gasteiger partial charge on any atom is -0.467 e. The van der Waals surface area contributed by atoms with E-state index in [1.165, 1.54) is 19.2 Å². The monoisotopic (exact) mass is 479 g/mol. The molecule has 0 radical (unpaired) electrons. The van der Waals surface area contributed by atoms with Crippen LogP contribution < -0.4 is 11.1 Å². The average molecular weight is 480 g/mol. The van der Waals surface area contributed by atoms with E-state index in [9.17, 15) is 19.2 Å². The second kappa shape index (κ2) is 11.8. The largest absolute Gasteiger partial charge is 0.467 e. The van der Waals surface area contributed by atoms with Crippen LogP contribution >= 0.6 is 0 Å². The van der Waals surface area contributed by atoms with Gasteiger partial charge in [0.1, 0.15) is 6.04 Å². The van der Waals surface area contributed by atoms with Crippen LogP contribution in [0.25, 0.3) is 0 Å². The van der Waals surface area contributed by atoms with Crippen LogP contribution in [0.15, 0.2) is 59.6 Å². The highest BCUT2D eigenvalue weighted by atomic mass is 16.5. The third-order valence-electron chi connectivity index (χ3n) is 5.54. The Hall–Kier alpha value is -4.21. The number of rotatable bonds is 10. The van der Waals surface area contributed by atoms with Crippen LogP contribution in [-0.2, 0) is 16.1 Å². The van der Waals surface area contributed by atoms with Crippen molar-refractivity contribution in [1.29, 1.82) is 0 Å². The Balaban J connectivity index is 1.83. The maximum atomic E-state index is 13.4.